The Labute approximate surface area is 97.4 Å². The SMILES string of the molecule is C#CCCCNC(=O)c1cccc(Br)n1. The molecular weight excluding hydrogens is 256 g/mol. The van der Waals surface area contributed by atoms with Gasteiger partial charge in [-0.1, -0.05) is 6.07 Å². The number of hydrogen-bond acceptors (Lipinski definition) is 2. The summed E-state index contributed by atoms with van der Waals surface area (Å²) in [5.41, 5.74) is 0.407. The molecule has 1 N–H and O–H groups in total. The van der Waals surface area contributed by atoms with Gasteiger partial charge in [0.05, 0.1) is 0 Å². The summed E-state index contributed by atoms with van der Waals surface area (Å²) < 4.78 is 0.652. The summed E-state index contributed by atoms with van der Waals surface area (Å²) in [7, 11) is 0. The first-order valence-electron chi connectivity index (χ1n) is 4.58. The molecule has 0 aliphatic heterocycles. The van der Waals surface area contributed by atoms with E-state index in [1.54, 1.807) is 18.2 Å². The van der Waals surface area contributed by atoms with Gasteiger partial charge in [0.2, 0.25) is 0 Å². The highest BCUT2D eigenvalue weighted by molar-refractivity contribution is 9.10. The molecule has 1 heterocycles. The van der Waals surface area contributed by atoms with E-state index in [4.69, 9.17) is 6.42 Å². The third-order valence-corrected chi connectivity index (χ3v) is 2.17. The van der Waals surface area contributed by atoms with Crippen molar-refractivity contribution in [3.05, 3.63) is 28.5 Å². The minimum absolute atomic E-state index is 0.173. The number of carbonyl (C=O) groups excluding carboxylic acids is 1. The fourth-order valence-corrected chi connectivity index (χ4v) is 1.36. The Kier molecular flexibility index (Phi) is 4.85. The van der Waals surface area contributed by atoms with Gasteiger partial charge in [-0.05, 0) is 34.5 Å². The number of nitrogens with one attached hydrogen (secondary N) is 1. The number of pyridine rings is 1. The van der Waals surface area contributed by atoms with Crippen molar-refractivity contribution in [1.82, 2.24) is 10.3 Å². The first-order valence-corrected chi connectivity index (χ1v) is 5.37. The van der Waals surface area contributed by atoms with Crippen LogP contribution in [0.15, 0.2) is 22.8 Å². The van der Waals surface area contributed by atoms with Crippen LogP contribution in [0.5, 0.6) is 0 Å². The molecule has 1 rings (SSSR count). The van der Waals surface area contributed by atoms with Crippen molar-refractivity contribution in [2.75, 3.05) is 6.54 Å². The second kappa shape index (κ2) is 6.20. The van der Waals surface area contributed by atoms with E-state index in [2.05, 4.69) is 32.2 Å². The molecule has 0 saturated heterocycles. The van der Waals surface area contributed by atoms with Crippen LogP contribution in [0.1, 0.15) is 23.3 Å². The number of terminal acetylenes is 1. The van der Waals surface area contributed by atoms with Gasteiger partial charge in [-0.15, -0.1) is 12.3 Å². The van der Waals surface area contributed by atoms with Crippen LogP contribution < -0.4 is 5.32 Å². The first-order chi connectivity index (χ1) is 7.24. The van der Waals surface area contributed by atoms with Crippen LogP contribution in [0.25, 0.3) is 0 Å². The zero-order valence-corrected chi connectivity index (χ0v) is 9.75. The zero-order chi connectivity index (χ0) is 11.1. The molecule has 0 radical (unpaired) electrons. The van der Waals surface area contributed by atoms with E-state index < -0.39 is 0 Å². The highest BCUT2D eigenvalue weighted by Gasteiger charge is 2.05. The highest BCUT2D eigenvalue weighted by Crippen LogP contribution is 2.05. The number of amides is 1. The Morgan fingerprint density at radius 3 is 3.07 bits per heavy atom. The largest absolute Gasteiger partial charge is 0.351 e. The summed E-state index contributed by atoms with van der Waals surface area (Å²) in [5, 5.41) is 2.74. The van der Waals surface area contributed by atoms with Crippen LogP contribution in [0.4, 0.5) is 0 Å². The van der Waals surface area contributed by atoms with Gasteiger partial charge >= 0.3 is 0 Å². The molecular formula is C11H11BrN2O. The third kappa shape index (κ3) is 4.13. The molecule has 1 amide bonds. The average molecular weight is 267 g/mol. The van der Waals surface area contributed by atoms with E-state index in [-0.39, 0.29) is 5.91 Å². The van der Waals surface area contributed by atoms with Crippen molar-refractivity contribution in [2.45, 2.75) is 12.8 Å². The van der Waals surface area contributed by atoms with E-state index in [9.17, 15) is 4.79 Å². The van der Waals surface area contributed by atoms with Gasteiger partial charge in [0, 0.05) is 13.0 Å². The lowest BCUT2D eigenvalue weighted by Gasteiger charge is -2.03. The molecule has 0 aliphatic rings. The molecule has 0 saturated carbocycles. The molecule has 0 bridgehead atoms. The number of hydrogen-bond donors (Lipinski definition) is 1. The van der Waals surface area contributed by atoms with Gasteiger partial charge in [0.25, 0.3) is 5.91 Å². The number of aromatic nitrogens is 1. The summed E-state index contributed by atoms with van der Waals surface area (Å²) >= 11 is 3.21. The molecule has 4 heteroatoms. The standard InChI is InChI=1S/C11H11BrN2O/c1-2-3-4-8-13-11(15)9-6-5-7-10(12)14-9/h1,5-7H,3-4,8H2,(H,13,15). The van der Waals surface area contributed by atoms with Crippen LogP contribution in [-0.4, -0.2) is 17.4 Å². The molecule has 1 aromatic rings. The van der Waals surface area contributed by atoms with E-state index in [1.165, 1.54) is 0 Å². The van der Waals surface area contributed by atoms with Crippen LogP contribution in [-0.2, 0) is 0 Å². The number of halogens is 1. The summed E-state index contributed by atoms with van der Waals surface area (Å²) in [6, 6.07) is 5.21. The Hall–Kier alpha value is -1.34. The molecule has 0 fully saturated rings. The fourth-order valence-electron chi connectivity index (χ4n) is 1.02. The summed E-state index contributed by atoms with van der Waals surface area (Å²) in [6.07, 6.45) is 6.56. The van der Waals surface area contributed by atoms with Gasteiger partial charge in [-0.3, -0.25) is 4.79 Å². The Morgan fingerprint density at radius 1 is 1.60 bits per heavy atom. The monoisotopic (exact) mass is 266 g/mol. The molecule has 78 valence electrons. The van der Waals surface area contributed by atoms with E-state index >= 15 is 0 Å². The average Bonchev–Trinajstić information content (AvgIpc) is 2.24. The zero-order valence-electron chi connectivity index (χ0n) is 8.16. The lowest BCUT2D eigenvalue weighted by molar-refractivity contribution is 0.0948. The minimum atomic E-state index is -0.173. The van der Waals surface area contributed by atoms with Gasteiger partial charge in [-0.25, -0.2) is 4.98 Å². The number of nitrogens with zero attached hydrogens (tertiary/aromatic N) is 1. The minimum Gasteiger partial charge on any atom is -0.351 e. The van der Waals surface area contributed by atoms with Gasteiger partial charge in [-0.2, -0.15) is 0 Å². The van der Waals surface area contributed by atoms with Crippen LogP contribution >= 0.6 is 15.9 Å². The van der Waals surface area contributed by atoms with Crippen LogP contribution in [0.2, 0.25) is 0 Å². The molecule has 0 aliphatic carbocycles. The van der Waals surface area contributed by atoms with Crippen LogP contribution in [0, 0.1) is 12.3 Å². The fraction of sp³-hybridized carbons (Fsp3) is 0.273. The molecule has 0 unspecified atom stereocenters. The molecule has 1 aromatic heterocycles. The summed E-state index contributed by atoms with van der Waals surface area (Å²) in [6.45, 7) is 0.581. The second-order valence-corrected chi connectivity index (χ2v) is 3.72. The predicted molar refractivity (Wildman–Crippen MR) is 62.3 cm³/mol. The lowest BCUT2D eigenvalue weighted by Crippen LogP contribution is -2.25. The van der Waals surface area contributed by atoms with Gasteiger partial charge in [0.1, 0.15) is 10.3 Å². The molecule has 0 spiro atoms. The van der Waals surface area contributed by atoms with Crippen molar-refractivity contribution in [1.29, 1.82) is 0 Å². The Bertz CT molecular complexity index is 384. The van der Waals surface area contributed by atoms with Gasteiger partial charge in [0.15, 0.2) is 0 Å². The Balaban J connectivity index is 2.44. The number of carbonyl (C=O) groups is 1. The smallest absolute Gasteiger partial charge is 0.269 e. The second-order valence-electron chi connectivity index (χ2n) is 2.91. The quantitative estimate of drug-likeness (QED) is 0.515. The Morgan fingerprint density at radius 2 is 2.40 bits per heavy atom. The van der Waals surface area contributed by atoms with Gasteiger partial charge < -0.3 is 5.32 Å². The predicted octanol–water partition coefficient (Wildman–Crippen LogP) is 1.99. The lowest BCUT2D eigenvalue weighted by atomic mass is 10.3. The maximum absolute atomic E-state index is 11.5. The van der Waals surface area contributed by atoms with E-state index in [0.717, 1.165) is 6.42 Å². The highest BCUT2D eigenvalue weighted by atomic mass is 79.9. The molecule has 15 heavy (non-hydrogen) atoms. The molecule has 0 atom stereocenters. The van der Waals surface area contributed by atoms with E-state index in [0.29, 0.717) is 23.3 Å². The first kappa shape index (κ1) is 11.7. The normalized spacial score (nSPS) is 9.33. The maximum Gasteiger partial charge on any atom is 0.269 e. The van der Waals surface area contributed by atoms with Crippen molar-refractivity contribution >= 4 is 21.8 Å². The summed E-state index contributed by atoms with van der Waals surface area (Å²) in [4.78, 5) is 15.6. The number of unbranched alkanes of at least 4 members (excludes halogenated alkanes) is 1. The maximum atomic E-state index is 11.5. The van der Waals surface area contributed by atoms with Crippen molar-refractivity contribution in [2.24, 2.45) is 0 Å². The third-order valence-electron chi connectivity index (χ3n) is 1.73. The topological polar surface area (TPSA) is 42.0 Å². The summed E-state index contributed by atoms with van der Waals surface area (Å²) in [5.74, 6) is 2.34. The van der Waals surface area contributed by atoms with Crippen molar-refractivity contribution in [3.63, 3.8) is 0 Å². The van der Waals surface area contributed by atoms with Crippen LogP contribution in [0.3, 0.4) is 0 Å². The molecule has 0 aromatic carbocycles. The number of rotatable bonds is 4. The van der Waals surface area contributed by atoms with Crippen molar-refractivity contribution < 1.29 is 4.79 Å². The van der Waals surface area contributed by atoms with Crippen molar-refractivity contribution in [3.8, 4) is 12.3 Å². The van der Waals surface area contributed by atoms with E-state index in [1.807, 2.05) is 0 Å². The molecule has 3 nitrogen and oxygen atoms in total.